The van der Waals surface area contributed by atoms with E-state index in [1.807, 2.05) is 13.0 Å². The highest BCUT2D eigenvalue weighted by Gasteiger charge is 2.36. The number of sulfonamides is 1. The van der Waals surface area contributed by atoms with Crippen LogP contribution < -0.4 is 0 Å². The molecule has 112 valence electrons. The number of hydrogen-bond acceptors (Lipinski definition) is 2. The number of alkyl halides is 1. The number of aryl methyl sites for hydroxylation is 1. The van der Waals surface area contributed by atoms with E-state index in [9.17, 15) is 8.42 Å². The normalized spacial score (nSPS) is 19.4. The molecule has 0 N–H and O–H groups in total. The van der Waals surface area contributed by atoms with Crippen molar-refractivity contribution in [3.05, 3.63) is 29.3 Å². The second-order valence-electron chi connectivity index (χ2n) is 6.17. The lowest BCUT2D eigenvalue weighted by Gasteiger charge is -2.20. The average Bonchev–Trinajstić information content (AvgIpc) is 2.78. The van der Waals surface area contributed by atoms with E-state index in [-0.39, 0.29) is 5.41 Å². The molecule has 2 rings (SSSR count). The molecule has 1 heterocycles. The molecule has 0 aliphatic carbocycles. The van der Waals surface area contributed by atoms with Crippen molar-refractivity contribution in [2.75, 3.05) is 13.1 Å². The van der Waals surface area contributed by atoms with Crippen LogP contribution in [-0.4, -0.2) is 25.8 Å². The molecule has 0 atom stereocenters. The summed E-state index contributed by atoms with van der Waals surface area (Å²) >= 11 is 5.93. The Labute approximate surface area is 127 Å². The second kappa shape index (κ2) is 5.66. The SMILES string of the molecule is CCc1ccc(S(=O)(=O)N2CCC(C)(C)C2)cc1CCl. The van der Waals surface area contributed by atoms with E-state index in [4.69, 9.17) is 11.6 Å². The molecule has 0 aromatic heterocycles. The third-order valence-corrected chi connectivity index (χ3v) is 6.11. The Morgan fingerprint density at radius 2 is 2.00 bits per heavy atom. The predicted molar refractivity (Wildman–Crippen MR) is 82.5 cm³/mol. The zero-order valence-electron chi connectivity index (χ0n) is 12.3. The van der Waals surface area contributed by atoms with Gasteiger partial charge in [-0.25, -0.2) is 8.42 Å². The molecule has 3 nitrogen and oxygen atoms in total. The standard InChI is InChI=1S/C15H22ClNO2S/c1-4-12-5-6-14(9-13(12)10-16)20(18,19)17-8-7-15(2,3)11-17/h5-6,9H,4,7-8,10-11H2,1-3H3. The van der Waals surface area contributed by atoms with Crippen LogP contribution in [0.3, 0.4) is 0 Å². The van der Waals surface area contributed by atoms with Crippen LogP contribution in [0.25, 0.3) is 0 Å². The first-order valence-electron chi connectivity index (χ1n) is 6.98. The fraction of sp³-hybridized carbons (Fsp3) is 0.600. The summed E-state index contributed by atoms with van der Waals surface area (Å²) in [5.74, 6) is 0.345. The monoisotopic (exact) mass is 315 g/mol. The van der Waals surface area contributed by atoms with Gasteiger partial charge in [-0.15, -0.1) is 11.6 Å². The number of rotatable bonds is 4. The van der Waals surface area contributed by atoms with Crippen molar-refractivity contribution in [2.45, 2.75) is 44.4 Å². The van der Waals surface area contributed by atoms with E-state index < -0.39 is 10.0 Å². The first kappa shape index (κ1) is 15.8. The van der Waals surface area contributed by atoms with E-state index >= 15 is 0 Å². The molecular weight excluding hydrogens is 294 g/mol. The lowest BCUT2D eigenvalue weighted by molar-refractivity contribution is 0.375. The van der Waals surface area contributed by atoms with Crippen LogP contribution in [0.5, 0.6) is 0 Å². The van der Waals surface area contributed by atoms with Crippen LogP contribution in [0.4, 0.5) is 0 Å². The largest absolute Gasteiger partial charge is 0.243 e. The van der Waals surface area contributed by atoms with Crippen LogP contribution in [0.1, 0.15) is 38.3 Å². The van der Waals surface area contributed by atoms with Crippen molar-refractivity contribution in [2.24, 2.45) is 5.41 Å². The summed E-state index contributed by atoms with van der Waals surface area (Å²) in [4.78, 5) is 0.364. The number of nitrogens with zero attached hydrogens (tertiary/aromatic N) is 1. The summed E-state index contributed by atoms with van der Waals surface area (Å²) in [6.45, 7) is 7.43. The minimum absolute atomic E-state index is 0.0613. The Bertz CT molecular complexity index is 596. The molecule has 1 aromatic carbocycles. The van der Waals surface area contributed by atoms with E-state index in [0.29, 0.717) is 23.9 Å². The highest BCUT2D eigenvalue weighted by molar-refractivity contribution is 7.89. The zero-order chi connectivity index (χ0) is 15.0. The molecule has 0 amide bonds. The van der Waals surface area contributed by atoms with Gasteiger partial charge in [-0.1, -0.05) is 26.8 Å². The Balaban J connectivity index is 2.35. The molecule has 0 saturated carbocycles. The lowest BCUT2D eigenvalue weighted by Crippen LogP contribution is -2.30. The molecule has 1 aliphatic heterocycles. The highest BCUT2D eigenvalue weighted by Crippen LogP contribution is 2.33. The Morgan fingerprint density at radius 3 is 2.50 bits per heavy atom. The fourth-order valence-corrected chi connectivity index (χ4v) is 4.58. The molecule has 0 bridgehead atoms. The summed E-state index contributed by atoms with van der Waals surface area (Å²) in [6, 6.07) is 5.31. The smallest absolute Gasteiger partial charge is 0.207 e. The lowest BCUT2D eigenvalue weighted by atomic mass is 9.93. The van der Waals surface area contributed by atoms with E-state index in [0.717, 1.165) is 24.0 Å². The molecule has 0 unspecified atom stereocenters. The Morgan fingerprint density at radius 1 is 1.30 bits per heavy atom. The first-order chi connectivity index (χ1) is 9.30. The molecule has 1 fully saturated rings. The van der Waals surface area contributed by atoms with Gasteiger partial charge in [0.1, 0.15) is 0 Å². The van der Waals surface area contributed by atoms with Crippen LogP contribution in [0, 0.1) is 5.41 Å². The van der Waals surface area contributed by atoms with Gasteiger partial charge >= 0.3 is 0 Å². The molecule has 0 radical (unpaired) electrons. The van der Waals surface area contributed by atoms with Crippen molar-refractivity contribution in [1.82, 2.24) is 4.31 Å². The van der Waals surface area contributed by atoms with Crippen LogP contribution in [-0.2, 0) is 22.3 Å². The number of halogens is 1. The van der Waals surface area contributed by atoms with Crippen molar-refractivity contribution in [3.8, 4) is 0 Å². The van der Waals surface area contributed by atoms with Gasteiger partial charge in [-0.05, 0) is 41.5 Å². The second-order valence-corrected chi connectivity index (χ2v) is 8.38. The predicted octanol–water partition coefficient (Wildman–Crippen LogP) is 3.41. The summed E-state index contributed by atoms with van der Waals surface area (Å²) in [5.41, 5.74) is 2.08. The average molecular weight is 316 g/mol. The van der Waals surface area contributed by atoms with Crippen molar-refractivity contribution in [3.63, 3.8) is 0 Å². The molecule has 20 heavy (non-hydrogen) atoms. The summed E-state index contributed by atoms with van der Waals surface area (Å²) in [6.07, 6.45) is 1.76. The van der Waals surface area contributed by atoms with Gasteiger partial charge in [0.25, 0.3) is 0 Å². The number of benzene rings is 1. The van der Waals surface area contributed by atoms with Gasteiger partial charge in [-0.3, -0.25) is 0 Å². The first-order valence-corrected chi connectivity index (χ1v) is 8.95. The zero-order valence-corrected chi connectivity index (χ0v) is 13.9. The molecule has 5 heteroatoms. The summed E-state index contributed by atoms with van der Waals surface area (Å²) < 4.78 is 26.9. The van der Waals surface area contributed by atoms with Crippen molar-refractivity contribution >= 4 is 21.6 Å². The van der Waals surface area contributed by atoms with E-state index in [1.54, 1.807) is 16.4 Å². The Kier molecular flexibility index (Phi) is 4.47. The van der Waals surface area contributed by atoms with Gasteiger partial charge in [-0.2, -0.15) is 4.31 Å². The maximum atomic E-state index is 12.7. The molecule has 1 saturated heterocycles. The van der Waals surface area contributed by atoms with E-state index in [2.05, 4.69) is 13.8 Å². The molecule has 1 aliphatic rings. The quantitative estimate of drug-likeness (QED) is 0.798. The number of hydrogen-bond donors (Lipinski definition) is 0. The van der Waals surface area contributed by atoms with E-state index in [1.165, 1.54) is 0 Å². The van der Waals surface area contributed by atoms with Gasteiger partial charge in [0.15, 0.2) is 0 Å². The topological polar surface area (TPSA) is 37.4 Å². The molecule has 1 aromatic rings. The minimum Gasteiger partial charge on any atom is -0.207 e. The van der Waals surface area contributed by atoms with Crippen LogP contribution >= 0.6 is 11.6 Å². The van der Waals surface area contributed by atoms with Gasteiger partial charge in [0.05, 0.1) is 4.90 Å². The maximum absolute atomic E-state index is 12.7. The highest BCUT2D eigenvalue weighted by atomic mass is 35.5. The van der Waals surface area contributed by atoms with Crippen molar-refractivity contribution < 1.29 is 8.42 Å². The summed E-state index contributed by atoms with van der Waals surface area (Å²) in [5, 5.41) is 0. The summed E-state index contributed by atoms with van der Waals surface area (Å²) in [7, 11) is -3.39. The molecular formula is C15H22ClNO2S. The van der Waals surface area contributed by atoms with Gasteiger partial charge in [0.2, 0.25) is 10.0 Å². The fourth-order valence-electron chi connectivity index (χ4n) is 2.65. The van der Waals surface area contributed by atoms with Gasteiger partial charge < -0.3 is 0 Å². The Hall–Kier alpha value is -0.580. The van der Waals surface area contributed by atoms with Crippen LogP contribution in [0.2, 0.25) is 0 Å². The molecule has 0 spiro atoms. The third-order valence-electron chi connectivity index (χ3n) is 3.98. The van der Waals surface area contributed by atoms with Crippen LogP contribution in [0.15, 0.2) is 23.1 Å². The minimum atomic E-state index is -3.39. The maximum Gasteiger partial charge on any atom is 0.243 e. The third kappa shape index (κ3) is 3.02. The van der Waals surface area contributed by atoms with Gasteiger partial charge in [0, 0.05) is 19.0 Å². The van der Waals surface area contributed by atoms with Crippen molar-refractivity contribution in [1.29, 1.82) is 0 Å².